The second kappa shape index (κ2) is 9.74. The third-order valence-corrected chi connectivity index (χ3v) is 5.14. The van der Waals surface area contributed by atoms with Crippen LogP contribution in [0.1, 0.15) is 18.3 Å². The summed E-state index contributed by atoms with van der Waals surface area (Å²) in [5, 5.41) is 17.7. The smallest absolute Gasteiger partial charge is 0.414 e. The molecule has 172 valence electrons. The second-order valence-electron chi connectivity index (χ2n) is 7.71. The molecule has 10 nitrogen and oxygen atoms in total. The minimum absolute atomic E-state index is 0.204. The SMILES string of the molecule is CC(=O)NC[C@H]1CN(c2ccc(-c3ccc(CNCc4nnn(C)n4)cc3)c(F)c2)C(=O)O1. The molecular formula is C22H24FN7O3. The third kappa shape index (κ3) is 5.50. The summed E-state index contributed by atoms with van der Waals surface area (Å²) in [6, 6.07) is 12.2. The van der Waals surface area contributed by atoms with E-state index < -0.39 is 18.0 Å². The molecule has 0 bridgehead atoms. The van der Waals surface area contributed by atoms with Crippen LogP contribution in [0.5, 0.6) is 0 Å². The number of aromatic nitrogens is 4. The van der Waals surface area contributed by atoms with Gasteiger partial charge in [-0.3, -0.25) is 9.69 Å². The summed E-state index contributed by atoms with van der Waals surface area (Å²) >= 11 is 0. The minimum atomic E-state index is -0.564. The van der Waals surface area contributed by atoms with Crippen LogP contribution in [0.15, 0.2) is 42.5 Å². The number of rotatable bonds is 8. The highest BCUT2D eigenvalue weighted by Crippen LogP contribution is 2.29. The van der Waals surface area contributed by atoms with Gasteiger partial charge in [-0.05, 0) is 34.5 Å². The van der Waals surface area contributed by atoms with Gasteiger partial charge >= 0.3 is 6.09 Å². The van der Waals surface area contributed by atoms with Crippen molar-refractivity contribution in [3.63, 3.8) is 0 Å². The first kappa shape index (κ1) is 22.3. The molecule has 1 aliphatic rings. The molecule has 11 heteroatoms. The molecule has 1 fully saturated rings. The summed E-state index contributed by atoms with van der Waals surface area (Å²) in [7, 11) is 1.71. The van der Waals surface area contributed by atoms with Gasteiger partial charge < -0.3 is 15.4 Å². The van der Waals surface area contributed by atoms with Crippen molar-refractivity contribution in [1.29, 1.82) is 0 Å². The number of anilines is 1. The van der Waals surface area contributed by atoms with E-state index in [0.29, 0.717) is 30.2 Å². The van der Waals surface area contributed by atoms with Crippen molar-refractivity contribution >= 4 is 17.7 Å². The molecule has 0 saturated carbocycles. The van der Waals surface area contributed by atoms with E-state index in [1.807, 2.05) is 24.3 Å². The topological polar surface area (TPSA) is 114 Å². The Morgan fingerprint density at radius 1 is 1.21 bits per heavy atom. The molecule has 0 spiro atoms. The van der Waals surface area contributed by atoms with Gasteiger partial charge in [-0.25, -0.2) is 9.18 Å². The summed E-state index contributed by atoms with van der Waals surface area (Å²) in [5.41, 5.74) is 2.60. The summed E-state index contributed by atoms with van der Waals surface area (Å²) in [6.07, 6.45) is -1.04. The number of tetrazole rings is 1. The Kier molecular flexibility index (Phi) is 6.59. The molecule has 3 aromatic rings. The third-order valence-electron chi connectivity index (χ3n) is 5.14. The molecule has 1 atom stereocenters. The van der Waals surface area contributed by atoms with Gasteiger partial charge in [-0.1, -0.05) is 24.3 Å². The second-order valence-corrected chi connectivity index (χ2v) is 7.71. The van der Waals surface area contributed by atoms with E-state index in [1.165, 1.54) is 22.7 Å². The standard InChI is InChI=1S/C22H24FN7O3/c1-14(31)25-11-18-13-30(22(32)33-18)17-7-8-19(20(23)9-17)16-5-3-15(4-6-16)10-24-12-21-26-28-29(2)27-21/h3-9,18,24H,10-13H2,1-2H3,(H,25,31)/t18-/m0/s1. The quantitative estimate of drug-likeness (QED) is 0.534. The summed E-state index contributed by atoms with van der Waals surface area (Å²) in [6.45, 7) is 2.95. The summed E-state index contributed by atoms with van der Waals surface area (Å²) in [5.74, 6) is -0.0333. The number of carbonyl (C=O) groups is 2. The van der Waals surface area contributed by atoms with Gasteiger partial charge in [0.25, 0.3) is 0 Å². The van der Waals surface area contributed by atoms with Crippen LogP contribution >= 0.6 is 0 Å². The molecule has 0 radical (unpaired) electrons. The van der Waals surface area contributed by atoms with Crippen LogP contribution < -0.4 is 15.5 Å². The number of amides is 2. The monoisotopic (exact) mass is 453 g/mol. The summed E-state index contributed by atoms with van der Waals surface area (Å²) < 4.78 is 20.1. The van der Waals surface area contributed by atoms with Gasteiger partial charge in [0.05, 0.1) is 32.4 Å². The molecule has 2 aromatic carbocycles. The lowest BCUT2D eigenvalue weighted by atomic mass is 10.0. The van der Waals surface area contributed by atoms with Crippen LogP contribution in [0.3, 0.4) is 0 Å². The van der Waals surface area contributed by atoms with Crippen LogP contribution in [0.2, 0.25) is 0 Å². The molecular weight excluding hydrogens is 429 g/mol. The number of hydrogen-bond donors (Lipinski definition) is 2. The van der Waals surface area contributed by atoms with E-state index in [2.05, 4.69) is 26.0 Å². The number of cyclic esters (lactones) is 1. The van der Waals surface area contributed by atoms with E-state index in [0.717, 1.165) is 11.1 Å². The van der Waals surface area contributed by atoms with E-state index in [9.17, 15) is 14.0 Å². The number of hydrogen-bond acceptors (Lipinski definition) is 7. The number of aryl methyl sites for hydroxylation is 1. The fourth-order valence-electron chi connectivity index (χ4n) is 3.52. The van der Waals surface area contributed by atoms with Crippen molar-refractivity contribution in [1.82, 2.24) is 30.8 Å². The molecule has 1 saturated heterocycles. The van der Waals surface area contributed by atoms with Crippen LogP contribution in [-0.2, 0) is 29.7 Å². The first-order valence-corrected chi connectivity index (χ1v) is 10.4. The van der Waals surface area contributed by atoms with Crippen molar-refractivity contribution in [2.24, 2.45) is 7.05 Å². The van der Waals surface area contributed by atoms with Crippen molar-refractivity contribution in [2.75, 3.05) is 18.0 Å². The lowest BCUT2D eigenvalue weighted by Gasteiger charge is -2.15. The van der Waals surface area contributed by atoms with E-state index >= 15 is 0 Å². The van der Waals surface area contributed by atoms with E-state index in [-0.39, 0.29) is 19.0 Å². The van der Waals surface area contributed by atoms with Gasteiger partial charge in [0.15, 0.2) is 5.82 Å². The largest absolute Gasteiger partial charge is 0.442 e. The van der Waals surface area contributed by atoms with Crippen molar-refractivity contribution < 1.29 is 18.7 Å². The molecule has 33 heavy (non-hydrogen) atoms. The molecule has 0 aliphatic carbocycles. The van der Waals surface area contributed by atoms with Crippen LogP contribution in [0, 0.1) is 5.82 Å². The normalized spacial score (nSPS) is 15.5. The maximum Gasteiger partial charge on any atom is 0.414 e. The van der Waals surface area contributed by atoms with Gasteiger partial charge in [0.1, 0.15) is 11.9 Å². The molecule has 2 heterocycles. The lowest BCUT2D eigenvalue weighted by Crippen LogP contribution is -2.33. The molecule has 4 rings (SSSR count). The van der Waals surface area contributed by atoms with Gasteiger partial charge in [0, 0.05) is 19.0 Å². The number of nitrogens with zero attached hydrogens (tertiary/aromatic N) is 5. The number of carbonyl (C=O) groups excluding carboxylic acids is 2. The number of nitrogens with one attached hydrogen (secondary N) is 2. The molecule has 2 amide bonds. The lowest BCUT2D eigenvalue weighted by molar-refractivity contribution is -0.119. The maximum absolute atomic E-state index is 14.9. The highest BCUT2D eigenvalue weighted by atomic mass is 19.1. The Bertz CT molecular complexity index is 1150. The number of benzene rings is 2. The Labute approximate surface area is 189 Å². The first-order chi connectivity index (χ1) is 15.9. The van der Waals surface area contributed by atoms with Crippen LogP contribution in [0.4, 0.5) is 14.9 Å². The molecule has 0 unspecified atom stereocenters. The number of ether oxygens (including phenoxy) is 1. The van der Waals surface area contributed by atoms with Gasteiger partial charge in [0.2, 0.25) is 5.91 Å². The maximum atomic E-state index is 14.9. The fraction of sp³-hybridized carbons (Fsp3) is 0.318. The zero-order valence-electron chi connectivity index (χ0n) is 18.3. The minimum Gasteiger partial charge on any atom is -0.442 e. The Hall–Kier alpha value is -3.86. The Morgan fingerprint density at radius 3 is 2.67 bits per heavy atom. The van der Waals surface area contributed by atoms with Gasteiger partial charge in [-0.15, -0.1) is 10.2 Å². The number of halogens is 1. The molecule has 2 N–H and O–H groups in total. The predicted octanol–water partition coefficient (Wildman–Crippen LogP) is 1.77. The fourth-order valence-corrected chi connectivity index (χ4v) is 3.52. The van der Waals surface area contributed by atoms with E-state index in [1.54, 1.807) is 19.2 Å². The van der Waals surface area contributed by atoms with Crippen molar-refractivity contribution in [2.45, 2.75) is 26.1 Å². The molecule has 1 aromatic heterocycles. The zero-order valence-corrected chi connectivity index (χ0v) is 18.3. The zero-order chi connectivity index (χ0) is 23.4. The summed E-state index contributed by atoms with van der Waals surface area (Å²) in [4.78, 5) is 26.0. The highest BCUT2D eigenvalue weighted by Gasteiger charge is 2.32. The van der Waals surface area contributed by atoms with Crippen LogP contribution in [-0.4, -0.2) is 51.4 Å². The average molecular weight is 453 g/mol. The Morgan fingerprint density at radius 2 is 2.00 bits per heavy atom. The van der Waals surface area contributed by atoms with Crippen LogP contribution in [0.25, 0.3) is 11.1 Å². The predicted molar refractivity (Wildman–Crippen MR) is 117 cm³/mol. The van der Waals surface area contributed by atoms with Gasteiger partial charge in [-0.2, -0.15) is 4.80 Å². The van der Waals surface area contributed by atoms with Crippen molar-refractivity contribution in [3.05, 3.63) is 59.7 Å². The Balaban J connectivity index is 1.37. The van der Waals surface area contributed by atoms with Crippen molar-refractivity contribution in [3.8, 4) is 11.1 Å². The first-order valence-electron chi connectivity index (χ1n) is 10.4. The highest BCUT2D eigenvalue weighted by molar-refractivity contribution is 5.90. The average Bonchev–Trinajstić information content (AvgIpc) is 3.38. The van der Waals surface area contributed by atoms with E-state index in [4.69, 9.17) is 4.74 Å². The molecule has 1 aliphatic heterocycles.